The number of phenolic OH excluding ortho intramolecular Hbond substituents is 1. The van der Waals surface area contributed by atoms with Gasteiger partial charge in [0.15, 0.2) is 0 Å². The van der Waals surface area contributed by atoms with Gasteiger partial charge < -0.3 is 10.4 Å². The molecule has 0 spiro atoms. The van der Waals surface area contributed by atoms with Crippen molar-refractivity contribution in [3.8, 4) is 5.75 Å². The fourth-order valence-electron chi connectivity index (χ4n) is 1.46. The molecule has 0 aliphatic carbocycles. The molecule has 0 bridgehead atoms. The first kappa shape index (κ1) is 11.7. The first-order chi connectivity index (χ1) is 8.06. The molecule has 0 radical (unpaired) electrons. The lowest BCUT2D eigenvalue weighted by Gasteiger charge is -2.03. The van der Waals surface area contributed by atoms with E-state index in [4.69, 9.17) is 0 Å². The molecule has 0 unspecified atom stereocenters. The highest BCUT2D eigenvalue weighted by Gasteiger charge is 2.10. The van der Waals surface area contributed by atoms with E-state index in [1.807, 2.05) is 19.9 Å². The highest BCUT2D eigenvalue weighted by atomic mass is 32.1. The molecule has 17 heavy (non-hydrogen) atoms. The smallest absolute Gasteiger partial charge is 0.265 e. The summed E-state index contributed by atoms with van der Waals surface area (Å²) < 4.78 is 0. The van der Waals surface area contributed by atoms with Gasteiger partial charge in [-0.15, -0.1) is 11.3 Å². The minimum Gasteiger partial charge on any atom is -0.508 e. The van der Waals surface area contributed by atoms with E-state index in [-0.39, 0.29) is 11.7 Å². The Balaban J connectivity index is 2.17. The van der Waals surface area contributed by atoms with Gasteiger partial charge in [-0.2, -0.15) is 0 Å². The van der Waals surface area contributed by atoms with Gasteiger partial charge in [-0.05, 0) is 37.6 Å². The molecule has 0 fully saturated rings. The van der Waals surface area contributed by atoms with Gasteiger partial charge in [0, 0.05) is 16.6 Å². The number of hydrogen-bond acceptors (Lipinski definition) is 3. The average Bonchev–Trinajstić information content (AvgIpc) is 2.59. The lowest BCUT2D eigenvalue weighted by Crippen LogP contribution is -2.09. The topological polar surface area (TPSA) is 49.3 Å². The van der Waals surface area contributed by atoms with Crippen molar-refractivity contribution in [1.82, 2.24) is 0 Å². The van der Waals surface area contributed by atoms with Crippen LogP contribution in [0, 0.1) is 13.8 Å². The standard InChI is InChI=1S/C13H13NO2S/c1-8-6-12(17-9(8)2)13(16)14-10-4-3-5-11(15)7-10/h3-7,15H,1-2H3,(H,14,16). The number of benzene rings is 1. The summed E-state index contributed by atoms with van der Waals surface area (Å²) in [4.78, 5) is 13.7. The van der Waals surface area contributed by atoms with E-state index in [0.29, 0.717) is 10.6 Å². The monoisotopic (exact) mass is 247 g/mol. The van der Waals surface area contributed by atoms with Crippen molar-refractivity contribution in [3.05, 3.63) is 45.6 Å². The summed E-state index contributed by atoms with van der Waals surface area (Å²) in [5.41, 5.74) is 1.72. The number of anilines is 1. The van der Waals surface area contributed by atoms with Crippen LogP contribution >= 0.6 is 11.3 Å². The van der Waals surface area contributed by atoms with E-state index in [1.54, 1.807) is 18.2 Å². The Labute approximate surface area is 104 Å². The van der Waals surface area contributed by atoms with Gasteiger partial charge in [0.1, 0.15) is 5.75 Å². The second-order valence-corrected chi connectivity index (χ2v) is 5.11. The first-order valence-electron chi connectivity index (χ1n) is 5.23. The second kappa shape index (κ2) is 4.59. The lowest BCUT2D eigenvalue weighted by atomic mass is 10.2. The molecule has 0 aliphatic rings. The van der Waals surface area contributed by atoms with Crippen molar-refractivity contribution in [2.45, 2.75) is 13.8 Å². The molecule has 4 heteroatoms. The van der Waals surface area contributed by atoms with Crippen molar-refractivity contribution < 1.29 is 9.90 Å². The maximum atomic E-state index is 11.9. The third-order valence-electron chi connectivity index (χ3n) is 2.49. The normalized spacial score (nSPS) is 10.2. The Kier molecular flexibility index (Phi) is 3.15. The van der Waals surface area contributed by atoms with Crippen LogP contribution in [0.2, 0.25) is 0 Å². The van der Waals surface area contributed by atoms with Crippen LogP contribution in [0.4, 0.5) is 5.69 Å². The molecule has 3 nitrogen and oxygen atoms in total. The van der Waals surface area contributed by atoms with Crippen LogP contribution in [0.15, 0.2) is 30.3 Å². The zero-order chi connectivity index (χ0) is 12.4. The Hall–Kier alpha value is -1.81. The molecule has 2 aromatic rings. The van der Waals surface area contributed by atoms with Crippen molar-refractivity contribution in [2.75, 3.05) is 5.32 Å². The Morgan fingerprint density at radius 2 is 2.06 bits per heavy atom. The molecule has 1 aromatic carbocycles. The van der Waals surface area contributed by atoms with Crippen molar-refractivity contribution >= 4 is 22.9 Å². The summed E-state index contributed by atoms with van der Waals surface area (Å²) in [6, 6.07) is 8.39. The molecular formula is C13H13NO2S. The van der Waals surface area contributed by atoms with Crippen LogP contribution < -0.4 is 5.32 Å². The highest BCUT2D eigenvalue weighted by molar-refractivity contribution is 7.14. The van der Waals surface area contributed by atoms with E-state index < -0.39 is 0 Å². The predicted molar refractivity (Wildman–Crippen MR) is 69.9 cm³/mol. The van der Waals surface area contributed by atoms with Crippen molar-refractivity contribution in [2.24, 2.45) is 0 Å². The summed E-state index contributed by atoms with van der Waals surface area (Å²) in [6.07, 6.45) is 0. The third kappa shape index (κ3) is 2.65. The van der Waals surface area contributed by atoms with Gasteiger partial charge in [0.05, 0.1) is 4.88 Å². The zero-order valence-electron chi connectivity index (χ0n) is 9.65. The van der Waals surface area contributed by atoms with Gasteiger partial charge in [0.25, 0.3) is 5.91 Å². The molecule has 1 amide bonds. The van der Waals surface area contributed by atoms with Crippen LogP contribution in [0.25, 0.3) is 0 Å². The Morgan fingerprint density at radius 3 is 2.65 bits per heavy atom. The van der Waals surface area contributed by atoms with Crippen LogP contribution in [0.1, 0.15) is 20.1 Å². The summed E-state index contributed by atoms with van der Waals surface area (Å²) >= 11 is 1.47. The lowest BCUT2D eigenvalue weighted by molar-refractivity contribution is 0.103. The van der Waals surface area contributed by atoms with E-state index >= 15 is 0 Å². The maximum absolute atomic E-state index is 11.9. The molecule has 0 atom stereocenters. The van der Waals surface area contributed by atoms with Crippen LogP contribution in [0.5, 0.6) is 5.75 Å². The number of nitrogens with one attached hydrogen (secondary N) is 1. The SMILES string of the molecule is Cc1cc(C(=O)Nc2cccc(O)c2)sc1C. The highest BCUT2D eigenvalue weighted by Crippen LogP contribution is 2.22. The zero-order valence-corrected chi connectivity index (χ0v) is 10.5. The molecule has 1 aromatic heterocycles. The number of phenols is 1. The van der Waals surface area contributed by atoms with Gasteiger partial charge >= 0.3 is 0 Å². The van der Waals surface area contributed by atoms with E-state index in [0.717, 1.165) is 10.4 Å². The van der Waals surface area contributed by atoms with Gasteiger partial charge in [-0.3, -0.25) is 4.79 Å². The minimum atomic E-state index is -0.142. The summed E-state index contributed by atoms with van der Waals surface area (Å²) in [5, 5.41) is 12.0. The van der Waals surface area contributed by atoms with E-state index in [1.165, 1.54) is 17.4 Å². The largest absolute Gasteiger partial charge is 0.508 e. The number of aryl methyl sites for hydroxylation is 2. The third-order valence-corrected chi connectivity index (χ3v) is 3.65. The molecule has 2 N–H and O–H groups in total. The van der Waals surface area contributed by atoms with Gasteiger partial charge in [-0.25, -0.2) is 0 Å². The first-order valence-corrected chi connectivity index (χ1v) is 6.05. The number of amides is 1. The number of carbonyl (C=O) groups excluding carboxylic acids is 1. The van der Waals surface area contributed by atoms with Crippen LogP contribution in [-0.4, -0.2) is 11.0 Å². The van der Waals surface area contributed by atoms with Crippen LogP contribution in [-0.2, 0) is 0 Å². The number of rotatable bonds is 2. The van der Waals surface area contributed by atoms with Crippen LogP contribution in [0.3, 0.4) is 0 Å². The van der Waals surface area contributed by atoms with E-state index in [9.17, 15) is 9.90 Å². The quantitative estimate of drug-likeness (QED) is 0.855. The maximum Gasteiger partial charge on any atom is 0.265 e. The number of thiophene rings is 1. The molecular weight excluding hydrogens is 234 g/mol. The Morgan fingerprint density at radius 1 is 1.29 bits per heavy atom. The number of aromatic hydroxyl groups is 1. The molecule has 2 rings (SSSR count). The fraction of sp³-hybridized carbons (Fsp3) is 0.154. The van der Waals surface area contributed by atoms with Crippen molar-refractivity contribution in [1.29, 1.82) is 0 Å². The molecule has 88 valence electrons. The second-order valence-electron chi connectivity index (χ2n) is 3.85. The fourth-order valence-corrected chi connectivity index (χ4v) is 2.39. The minimum absolute atomic E-state index is 0.140. The predicted octanol–water partition coefficient (Wildman–Crippen LogP) is 3.32. The van der Waals surface area contributed by atoms with Gasteiger partial charge in [-0.1, -0.05) is 6.07 Å². The molecule has 0 saturated heterocycles. The summed E-state index contributed by atoms with van der Waals surface area (Å²) in [7, 11) is 0. The average molecular weight is 247 g/mol. The van der Waals surface area contributed by atoms with Gasteiger partial charge in [0.2, 0.25) is 0 Å². The Bertz CT molecular complexity index is 541. The van der Waals surface area contributed by atoms with E-state index in [2.05, 4.69) is 5.32 Å². The summed E-state index contributed by atoms with van der Waals surface area (Å²) in [6.45, 7) is 3.97. The molecule has 0 saturated carbocycles. The van der Waals surface area contributed by atoms with Crippen molar-refractivity contribution in [3.63, 3.8) is 0 Å². The number of carbonyl (C=O) groups is 1. The molecule has 0 aliphatic heterocycles. The summed E-state index contributed by atoms with van der Waals surface area (Å²) in [5.74, 6) is -0.00172. The molecule has 1 heterocycles. The number of hydrogen-bond donors (Lipinski definition) is 2.